The van der Waals surface area contributed by atoms with Crippen molar-refractivity contribution in [3.05, 3.63) is 0 Å². The maximum Gasteiger partial charge on any atom is 0.324 e. The minimum Gasteiger partial charge on any atom is -0.333 e. The molecular weight excluding hydrogens is 247 g/mol. The summed E-state index contributed by atoms with van der Waals surface area (Å²) in [5.74, 6) is 0.938. The van der Waals surface area contributed by atoms with Crippen molar-refractivity contribution in [2.75, 3.05) is 6.26 Å². The Kier molecular flexibility index (Phi) is 5.13. The Bertz CT molecular complexity index is 325. The summed E-state index contributed by atoms with van der Waals surface area (Å²) < 4.78 is 28.5. The van der Waals surface area contributed by atoms with E-state index >= 15 is 0 Å². The van der Waals surface area contributed by atoms with Crippen LogP contribution in [-0.2, 0) is 14.2 Å². The number of rotatable bonds is 4. The molecule has 2 aliphatic carbocycles. The van der Waals surface area contributed by atoms with Crippen LogP contribution < -0.4 is 0 Å². The van der Waals surface area contributed by atoms with Gasteiger partial charge in [0.05, 0.1) is 6.26 Å². The predicted molar refractivity (Wildman–Crippen MR) is 75.4 cm³/mol. The topological polar surface area (TPSA) is 43.4 Å². The van der Waals surface area contributed by atoms with Crippen molar-refractivity contribution in [3.8, 4) is 0 Å². The summed E-state index contributed by atoms with van der Waals surface area (Å²) >= 11 is 0. The Morgan fingerprint density at radius 3 is 1.56 bits per heavy atom. The van der Waals surface area contributed by atoms with Crippen LogP contribution in [0.3, 0.4) is 0 Å². The smallest absolute Gasteiger partial charge is 0.324 e. The first-order valence-electron chi connectivity index (χ1n) is 7.44. The van der Waals surface area contributed by atoms with Crippen LogP contribution in [0, 0.1) is 0 Å². The van der Waals surface area contributed by atoms with Gasteiger partial charge < -0.3 is 4.10 Å². The minimum atomic E-state index is -3.32. The van der Waals surface area contributed by atoms with E-state index in [0.29, 0.717) is 11.6 Å². The van der Waals surface area contributed by atoms with Crippen LogP contribution in [0.4, 0.5) is 0 Å². The van der Waals surface area contributed by atoms with Crippen molar-refractivity contribution in [2.24, 2.45) is 0 Å². The van der Waals surface area contributed by atoms with Crippen LogP contribution in [0.15, 0.2) is 0 Å². The molecule has 0 heterocycles. The minimum absolute atomic E-state index is 0.0411. The summed E-state index contributed by atoms with van der Waals surface area (Å²) in [5.41, 5.74) is 0. The van der Waals surface area contributed by atoms with Crippen LogP contribution >= 0.6 is 0 Å². The van der Waals surface area contributed by atoms with Gasteiger partial charge in [-0.1, -0.05) is 64.2 Å². The highest BCUT2D eigenvalue weighted by Crippen LogP contribution is 2.42. The summed E-state index contributed by atoms with van der Waals surface area (Å²) in [7, 11) is -3.32. The Hall–Kier alpha value is -0.0251. The van der Waals surface area contributed by atoms with Crippen LogP contribution in [0.1, 0.15) is 64.2 Å². The van der Waals surface area contributed by atoms with E-state index in [4.69, 9.17) is 4.10 Å². The van der Waals surface area contributed by atoms with Gasteiger partial charge in [-0.25, -0.2) is 8.42 Å². The SMILES string of the molecule is CS(=O)(=O)OB(C1CCCCC1)C1CCCCC1. The van der Waals surface area contributed by atoms with Gasteiger partial charge in [0.25, 0.3) is 10.1 Å². The summed E-state index contributed by atoms with van der Waals surface area (Å²) in [6, 6.07) is 0. The molecule has 0 amide bonds. The van der Waals surface area contributed by atoms with Crippen LogP contribution in [-0.4, -0.2) is 21.6 Å². The zero-order valence-electron chi connectivity index (χ0n) is 11.4. The van der Waals surface area contributed by atoms with Gasteiger partial charge in [-0.15, -0.1) is 0 Å². The highest BCUT2D eigenvalue weighted by molar-refractivity contribution is 7.86. The lowest BCUT2D eigenvalue weighted by molar-refractivity contribution is 0.403. The van der Waals surface area contributed by atoms with E-state index in [2.05, 4.69) is 0 Å². The molecule has 0 unspecified atom stereocenters. The zero-order chi connectivity index (χ0) is 13.0. The molecular formula is C13H25BO3S. The molecule has 104 valence electrons. The summed E-state index contributed by atoms with van der Waals surface area (Å²) in [5, 5.41) is 0. The predicted octanol–water partition coefficient (Wildman–Crippen LogP) is 3.62. The lowest BCUT2D eigenvalue weighted by Gasteiger charge is -2.33. The fraction of sp³-hybridized carbons (Fsp3) is 1.00. The third-order valence-electron chi connectivity index (χ3n) is 4.51. The van der Waals surface area contributed by atoms with E-state index in [-0.39, 0.29) is 6.92 Å². The van der Waals surface area contributed by atoms with Gasteiger partial charge in [0.15, 0.2) is 0 Å². The number of hydrogen-bond donors (Lipinski definition) is 0. The second-order valence-corrected chi connectivity index (χ2v) is 7.66. The second kappa shape index (κ2) is 6.42. The van der Waals surface area contributed by atoms with Gasteiger partial charge >= 0.3 is 6.92 Å². The first kappa shape index (κ1) is 14.4. The van der Waals surface area contributed by atoms with Crippen molar-refractivity contribution >= 4 is 17.0 Å². The van der Waals surface area contributed by atoms with Crippen LogP contribution in [0.5, 0.6) is 0 Å². The number of hydrogen-bond acceptors (Lipinski definition) is 3. The van der Waals surface area contributed by atoms with Gasteiger partial charge in [-0.05, 0) is 11.6 Å². The van der Waals surface area contributed by atoms with E-state index in [1.807, 2.05) is 0 Å². The average Bonchev–Trinajstić information content (AvgIpc) is 2.37. The molecule has 5 heteroatoms. The van der Waals surface area contributed by atoms with Gasteiger partial charge in [0.1, 0.15) is 0 Å². The Morgan fingerprint density at radius 2 is 1.22 bits per heavy atom. The molecule has 0 aromatic carbocycles. The van der Waals surface area contributed by atoms with E-state index in [1.54, 1.807) is 0 Å². The molecule has 0 aromatic heterocycles. The van der Waals surface area contributed by atoms with E-state index in [9.17, 15) is 8.42 Å². The lowest BCUT2D eigenvalue weighted by Crippen LogP contribution is -2.35. The molecule has 0 bridgehead atoms. The zero-order valence-corrected chi connectivity index (χ0v) is 12.3. The summed E-state index contributed by atoms with van der Waals surface area (Å²) in [4.78, 5) is 0. The summed E-state index contributed by atoms with van der Waals surface area (Å²) in [6.45, 7) is -0.0411. The quantitative estimate of drug-likeness (QED) is 0.734. The Balaban J connectivity index is 2.05. The van der Waals surface area contributed by atoms with Crippen molar-refractivity contribution < 1.29 is 12.5 Å². The van der Waals surface area contributed by atoms with Crippen molar-refractivity contribution in [3.63, 3.8) is 0 Å². The fourth-order valence-corrected chi connectivity index (χ4v) is 4.39. The maximum atomic E-state index is 11.5. The van der Waals surface area contributed by atoms with Crippen molar-refractivity contribution in [1.82, 2.24) is 0 Å². The van der Waals surface area contributed by atoms with Crippen LogP contribution in [0.2, 0.25) is 11.6 Å². The van der Waals surface area contributed by atoms with E-state index < -0.39 is 10.1 Å². The second-order valence-electron chi connectivity index (χ2n) is 6.06. The molecule has 0 aromatic rings. The van der Waals surface area contributed by atoms with Gasteiger partial charge in [-0.2, -0.15) is 0 Å². The largest absolute Gasteiger partial charge is 0.333 e. The molecule has 0 spiro atoms. The molecule has 0 saturated heterocycles. The highest BCUT2D eigenvalue weighted by atomic mass is 32.2. The molecule has 0 aliphatic heterocycles. The lowest BCUT2D eigenvalue weighted by atomic mass is 9.42. The molecule has 0 radical (unpaired) electrons. The van der Waals surface area contributed by atoms with Gasteiger partial charge in [-0.3, -0.25) is 0 Å². The van der Waals surface area contributed by atoms with E-state index in [0.717, 1.165) is 25.7 Å². The fourth-order valence-electron chi connectivity index (χ4n) is 3.67. The summed E-state index contributed by atoms with van der Waals surface area (Å²) in [6.07, 6.45) is 13.3. The van der Waals surface area contributed by atoms with E-state index in [1.165, 1.54) is 44.8 Å². The molecule has 0 N–H and O–H groups in total. The monoisotopic (exact) mass is 272 g/mol. The maximum absolute atomic E-state index is 11.5. The molecule has 0 atom stereocenters. The molecule has 2 aliphatic rings. The molecule has 3 nitrogen and oxygen atoms in total. The Morgan fingerprint density at radius 1 is 0.833 bits per heavy atom. The molecule has 18 heavy (non-hydrogen) atoms. The first-order chi connectivity index (χ1) is 8.56. The third-order valence-corrected chi connectivity index (χ3v) is 5.09. The third kappa shape index (κ3) is 4.27. The molecule has 2 fully saturated rings. The standard InChI is InChI=1S/C13H25BO3S/c1-18(15,16)17-14(12-8-4-2-5-9-12)13-10-6-3-7-11-13/h12-13H,2-11H2,1H3. The first-order valence-corrected chi connectivity index (χ1v) is 9.26. The Labute approximate surface area is 112 Å². The average molecular weight is 272 g/mol. The molecule has 2 saturated carbocycles. The van der Waals surface area contributed by atoms with Crippen LogP contribution in [0.25, 0.3) is 0 Å². The molecule has 2 rings (SSSR count). The normalized spacial score (nSPS) is 24.1. The van der Waals surface area contributed by atoms with Gasteiger partial charge in [0.2, 0.25) is 0 Å². The van der Waals surface area contributed by atoms with Crippen molar-refractivity contribution in [1.29, 1.82) is 0 Å². The highest BCUT2D eigenvalue weighted by Gasteiger charge is 2.38. The van der Waals surface area contributed by atoms with Gasteiger partial charge in [0, 0.05) is 0 Å². The van der Waals surface area contributed by atoms with Crippen molar-refractivity contribution in [2.45, 2.75) is 75.8 Å².